The number of alkyl halides is 2. The van der Waals surface area contributed by atoms with Crippen molar-refractivity contribution in [2.75, 3.05) is 0 Å². The predicted molar refractivity (Wildman–Crippen MR) is 50.7 cm³/mol. The van der Waals surface area contributed by atoms with Gasteiger partial charge in [0.1, 0.15) is 0 Å². The molecule has 1 aromatic rings. The molecule has 72 valence electrons. The first kappa shape index (κ1) is 10.6. The van der Waals surface area contributed by atoms with Gasteiger partial charge in [0.15, 0.2) is 0 Å². The molecule has 0 spiro atoms. The van der Waals surface area contributed by atoms with Gasteiger partial charge in [0, 0.05) is 11.8 Å². The number of H-pyrrole nitrogens is 1. The van der Waals surface area contributed by atoms with Crippen LogP contribution in [0.1, 0.15) is 17.7 Å². The Morgan fingerprint density at radius 2 is 2.23 bits per heavy atom. The fourth-order valence-electron chi connectivity index (χ4n) is 0.833. The second-order valence-corrected chi connectivity index (χ2v) is 3.41. The van der Waals surface area contributed by atoms with E-state index in [1.165, 1.54) is 22.6 Å². The summed E-state index contributed by atoms with van der Waals surface area (Å²) in [6.45, 7) is -0.450. The summed E-state index contributed by atoms with van der Waals surface area (Å²) in [6.07, 6.45) is -1.60. The van der Waals surface area contributed by atoms with Crippen molar-refractivity contribution in [2.24, 2.45) is 0 Å². The molecular formula is C7H6F2INO2. The summed E-state index contributed by atoms with van der Waals surface area (Å²) in [5, 5.41) is 8.66. The molecule has 0 bridgehead atoms. The molecule has 0 atom stereocenters. The van der Waals surface area contributed by atoms with Crippen molar-refractivity contribution < 1.29 is 13.9 Å². The predicted octanol–water partition coefficient (Wildman–Crippen LogP) is 1.41. The van der Waals surface area contributed by atoms with Crippen molar-refractivity contribution >= 4 is 22.6 Å². The molecular weight excluding hydrogens is 295 g/mol. The van der Waals surface area contributed by atoms with E-state index in [1.54, 1.807) is 0 Å². The van der Waals surface area contributed by atoms with Gasteiger partial charge in [-0.25, -0.2) is 8.78 Å². The zero-order valence-electron chi connectivity index (χ0n) is 6.35. The lowest BCUT2D eigenvalue weighted by Crippen LogP contribution is -2.16. The number of aliphatic hydroxyl groups excluding tert-OH is 1. The van der Waals surface area contributed by atoms with Crippen molar-refractivity contribution in [2.45, 2.75) is 13.0 Å². The first-order valence-electron chi connectivity index (χ1n) is 3.37. The van der Waals surface area contributed by atoms with Gasteiger partial charge in [-0.3, -0.25) is 4.79 Å². The lowest BCUT2D eigenvalue weighted by Gasteiger charge is -2.03. The molecule has 0 aliphatic rings. The summed E-state index contributed by atoms with van der Waals surface area (Å²) >= 11 is 1.53. The smallest absolute Gasteiger partial charge is 0.279 e. The Kier molecular flexibility index (Phi) is 3.37. The van der Waals surface area contributed by atoms with Gasteiger partial charge in [0.25, 0.3) is 6.43 Å². The fraction of sp³-hybridized carbons (Fsp3) is 0.286. The quantitative estimate of drug-likeness (QED) is 0.812. The van der Waals surface area contributed by atoms with E-state index in [0.717, 1.165) is 6.20 Å². The highest BCUT2D eigenvalue weighted by Crippen LogP contribution is 2.19. The number of aromatic nitrogens is 1. The summed E-state index contributed by atoms with van der Waals surface area (Å²) in [5.74, 6) is 0. The van der Waals surface area contributed by atoms with Crippen molar-refractivity contribution in [3.05, 3.63) is 31.2 Å². The van der Waals surface area contributed by atoms with Gasteiger partial charge in [-0.1, -0.05) is 0 Å². The van der Waals surface area contributed by atoms with Crippen molar-refractivity contribution in [3.8, 4) is 0 Å². The molecule has 0 radical (unpaired) electrons. The molecule has 3 nitrogen and oxygen atoms in total. The van der Waals surface area contributed by atoms with Crippen LogP contribution in [0.15, 0.2) is 11.0 Å². The molecule has 1 heterocycles. The maximum atomic E-state index is 12.2. The minimum atomic E-state index is -2.70. The number of rotatable bonds is 2. The monoisotopic (exact) mass is 301 g/mol. The van der Waals surface area contributed by atoms with Crippen LogP contribution in [0.4, 0.5) is 8.78 Å². The van der Waals surface area contributed by atoms with Gasteiger partial charge >= 0.3 is 0 Å². The van der Waals surface area contributed by atoms with E-state index >= 15 is 0 Å². The zero-order valence-corrected chi connectivity index (χ0v) is 8.51. The fourth-order valence-corrected chi connectivity index (χ4v) is 1.57. The van der Waals surface area contributed by atoms with Gasteiger partial charge in [-0.05, 0) is 22.6 Å². The van der Waals surface area contributed by atoms with Crippen LogP contribution in [0.3, 0.4) is 0 Å². The zero-order chi connectivity index (χ0) is 10.0. The highest BCUT2D eigenvalue weighted by molar-refractivity contribution is 14.1. The van der Waals surface area contributed by atoms with Gasteiger partial charge in [0.2, 0.25) is 5.43 Å². The van der Waals surface area contributed by atoms with E-state index < -0.39 is 24.2 Å². The number of aliphatic hydroxyl groups is 1. The van der Waals surface area contributed by atoms with Crippen molar-refractivity contribution in [1.82, 2.24) is 4.98 Å². The van der Waals surface area contributed by atoms with Crippen LogP contribution in [0.2, 0.25) is 0 Å². The first-order valence-corrected chi connectivity index (χ1v) is 4.44. The van der Waals surface area contributed by atoms with Crippen LogP contribution in [0.25, 0.3) is 0 Å². The highest BCUT2D eigenvalue weighted by Gasteiger charge is 2.15. The molecule has 13 heavy (non-hydrogen) atoms. The summed E-state index contributed by atoms with van der Waals surface area (Å²) in [7, 11) is 0. The largest absolute Gasteiger partial charge is 0.391 e. The molecule has 0 fully saturated rings. The number of aromatic amines is 1. The SMILES string of the molecule is O=c1c(CO)c[nH]c(C(F)F)c1I. The molecule has 1 rings (SSSR count). The van der Waals surface area contributed by atoms with Crippen LogP contribution in [-0.4, -0.2) is 10.1 Å². The Bertz CT molecular complexity index is 364. The van der Waals surface area contributed by atoms with E-state index in [2.05, 4.69) is 4.98 Å². The van der Waals surface area contributed by atoms with E-state index in [1.807, 2.05) is 0 Å². The van der Waals surface area contributed by atoms with E-state index in [0.29, 0.717) is 0 Å². The Morgan fingerprint density at radius 1 is 1.62 bits per heavy atom. The van der Waals surface area contributed by atoms with Gasteiger partial charge < -0.3 is 10.1 Å². The Hall–Kier alpha value is -0.500. The van der Waals surface area contributed by atoms with Crippen molar-refractivity contribution in [1.29, 1.82) is 0 Å². The molecule has 0 unspecified atom stereocenters. The minimum Gasteiger partial charge on any atom is -0.391 e. The molecule has 0 aromatic carbocycles. The van der Waals surface area contributed by atoms with Gasteiger partial charge in [0.05, 0.1) is 15.9 Å². The Morgan fingerprint density at radius 3 is 2.69 bits per heavy atom. The lowest BCUT2D eigenvalue weighted by atomic mass is 10.2. The molecule has 1 aromatic heterocycles. The third-order valence-corrected chi connectivity index (χ3v) is 2.59. The third-order valence-electron chi connectivity index (χ3n) is 1.52. The Balaban J connectivity index is 3.32. The summed E-state index contributed by atoms with van der Waals surface area (Å²) in [6, 6.07) is 0. The lowest BCUT2D eigenvalue weighted by molar-refractivity contribution is 0.144. The highest BCUT2D eigenvalue weighted by atomic mass is 127. The van der Waals surface area contributed by atoms with Gasteiger partial charge in [-0.2, -0.15) is 0 Å². The van der Waals surface area contributed by atoms with Crippen LogP contribution < -0.4 is 5.43 Å². The number of nitrogens with one attached hydrogen (secondary N) is 1. The third kappa shape index (κ3) is 2.05. The first-order chi connectivity index (χ1) is 6.07. The molecule has 0 aliphatic heterocycles. The number of hydrogen-bond donors (Lipinski definition) is 2. The second kappa shape index (κ2) is 4.14. The molecule has 6 heteroatoms. The molecule has 0 saturated carbocycles. The summed E-state index contributed by atoms with van der Waals surface area (Å²) in [5.41, 5.74) is -0.853. The van der Waals surface area contributed by atoms with Crippen LogP contribution in [0, 0.1) is 3.57 Å². The Labute approximate surface area is 85.9 Å². The topological polar surface area (TPSA) is 53.1 Å². The van der Waals surface area contributed by atoms with Crippen LogP contribution >= 0.6 is 22.6 Å². The number of pyridine rings is 1. The molecule has 0 saturated heterocycles. The molecule has 0 amide bonds. The van der Waals surface area contributed by atoms with Crippen LogP contribution in [-0.2, 0) is 6.61 Å². The number of halogens is 3. The average Bonchev–Trinajstić information content (AvgIpc) is 2.09. The van der Waals surface area contributed by atoms with Crippen LogP contribution in [0.5, 0.6) is 0 Å². The normalized spacial score (nSPS) is 10.8. The van der Waals surface area contributed by atoms with E-state index in [-0.39, 0.29) is 9.13 Å². The molecule has 0 aliphatic carbocycles. The summed E-state index contributed by atoms with van der Waals surface area (Å²) < 4.78 is 24.3. The van der Waals surface area contributed by atoms with Crippen molar-refractivity contribution in [3.63, 3.8) is 0 Å². The van der Waals surface area contributed by atoms with E-state index in [9.17, 15) is 13.6 Å². The van der Waals surface area contributed by atoms with E-state index in [4.69, 9.17) is 5.11 Å². The minimum absolute atomic E-state index is 0.0702. The average molecular weight is 301 g/mol. The molecule has 2 N–H and O–H groups in total. The standard InChI is InChI=1S/C7H6F2INO2/c8-7(9)5-4(10)6(13)3(2-12)1-11-5/h1,7,12H,2H2,(H,11,13). The maximum absolute atomic E-state index is 12.2. The second-order valence-electron chi connectivity index (χ2n) is 2.33. The number of hydrogen-bond acceptors (Lipinski definition) is 2. The summed E-state index contributed by atoms with van der Waals surface area (Å²) in [4.78, 5) is 13.5. The maximum Gasteiger partial charge on any atom is 0.279 e. The van der Waals surface area contributed by atoms with Gasteiger partial charge in [-0.15, -0.1) is 0 Å².